The highest BCUT2D eigenvalue weighted by molar-refractivity contribution is 6.40. The molecule has 150 valence electrons. The van der Waals surface area contributed by atoms with Crippen molar-refractivity contribution in [1.82, 2.24) is 5.32 Å². The number of nitrogens with one attached hydrogen (secondary N) is 2. The normalized spacial score (nSPS) is 13.7. The summed E-state index contributed by atoms with van der Waals surface area (Å²) < 4.78 is 0. The lowest BCUT2D eigenvalue weighted by molar-refractivity contribution is -0.120. The maximum absolute atomic E-state index is 12.5. The van der Waals surface area contributed by atoms with Gasteiger partial charge in [0.15, 0.2) is 0 Å². The lowest BCUT2D eigenvalue weighted by Crippen LogP contribution is -2.41. The van der Waals surface area contributed by atoms with Crippen molar-refractivity contribution in [3.63, 3.8) is 0 Å². The van der Waals surface area contributed by atoms with Crippen LogP contribution in [0.2, 0.25) is 0 Å². The third-order valence-electron chi connectivity index (χ3n) is 4.83. The lowest BCUT2D eigenvalue weighted by atomic mass is 10.1. The largest absolute Gasteiger partial charge is 0.342 e. The van der Waals surface area contributed by atoms with Gasteiger partial charge in [0, 0.05) is 18.5 Å². The molecule has 3 amide bonds. The van der Waals surface area contributed by atoms with Gasteiger partial charge >= 0.3 is 0 Å². The summed E-state index contributed by atoms with van der Waals surface area (Å²) >= 11 is 0. The molecular weight excluding hydrogens is 368 g/mol. The van der Waals surface area contributed by atoms with E-state index in [0.29, 0.717) is 5.69 Å². The highest BCUT2D eigenvalue weighted by Crippen LogP contribution is 2.21. The Morgan fingerprint density at radius 3 is 2.59 bits per heavy atom. The van der Waals surface area contributed by atoms with Crippen LogP contribution < -0.4 is 15.6 Å². The Balaban J connectivity index is 1.64. The van der Waals surface area contributed by atoms with Crippen molar-refractivity contribution in [2.24, 2.45) is 5.10 Å². The second-order valence-electron chi connectivity index (χ2n) is 7.07. The SMILES string of the molecule is Cc1cccc(N2N=C(C(=O)NCC(=O)Nc3cccc(C)c3C)CCC2=O)c1. The van der Waals surface area contributed by atoms with E-state index in [-0.39, 0.29) is 36.9 Å². The molecule has 2 N–H and O–H groups in total. The van der Waals surface area contributed by atoms with Crippen LogP contribution in [-0.4, -0.2) is 30.0 Å². The van der Waals surface area contributed by atoms with E-state index in [1.807, 2.05) is 57.2 Å². The third-order valence-corrected chi connectivity index (χ3v) is 4.83. The summed E-state index contributed by atoms with van der Waals surface area (Å²) in [7, 11) is 0. The Bertz CT molecular complexity index is 997. The van der Waals surface area contributed by atoms with Gasteiger partial charge in [-0.15, -0.1) is 0 Å². The van der Waals surface area contributed by atoms with E-state index >= 15 is 0 Å². The molecule has 0 saturated carbocycles. The molecule has 1 aliphatic rings. The van der Waals surface area contributed by atoms with E-state index in [0.717, 1.165) is 22.4 Å². The summed E-state index contributed by atoms with van der Waals surface area (Å²) in [5.74, 6) is -0.943. The van der Waals surface area contributed by atoms with E-state index < -0.39 is 5.91 Å². The molecule has 2 aromatic carbocycles. The molecule has 0 radical (unpaired) electrons. The van der Waals surface area contributed by atoms with Gasteiger partial charge in [0.2, 0.25) is 11.8 Å². The zero-order chi connectivity index (χ0) is 21.0. The topological polar surface area (TPSA) is 90.9 Å². The minimum Gasteiger partial charge on any atom is -0.342 e. The van der Waals surface area contributed by atoms with Crippen LogP contribution in [0.3, 0.4) is 0 Å². The van der Waals surface area contributed by atoms with Crippen LogP contribution in [0.5, 0.6) is 0 Å². The Labute approximate surface area is 169 Å². The zero-order valence-corrected chi connectivity index (χ0v) is 16.8. The van der Waals surface area contributed by atoms with Crippen molar-refractivity contribution in [2.75, 3.05) is 16.9 Å². The molecule has 7 nitrogen and oxygen atoms in total. The number of hydrogen-bond donors (Lipinski definition) is 2. The number of anilines is 2. The fraction of sp³-hybridized carbons (Fsp3) is 0.273. The summed E-state index contributed by atoms with van der Waals surface area (Å²) in [6.45, 7) is 5.64. The molecule has 1 aliphatic heterocycles. The van der Waals surface area contributed by atoms with E-state index in [2.05, 4.69) is 15.7 Å². The second-order valence-corrected chi connectivity index (χ2v) is 7.07. The molecule has 0 saturated heterocycles. The fourth-order valence-electron chi connectivity index (χ4n) is 3.02. The maximum atomic E-state index is 12.5. The molecule has 0 aromatic heterocycles. The average molecular weight is 392 g/mol. The number of hydrazone groups is 1. The summed E-state index contributed by atoms with van der Waals surface area (Å²) in [6.07, 6.45) is 0.431. The Morgan fingerprint density at radius 2 is 1.83 bits per heavy atom. The van der Waals surface area contributed by atoms with Gasteiger partial charge in [-0.1, -0.05) is 24.3 Å². The van der Waals surface area contributed by atoms with Crippen molar-refractivity contribution in [1.29, 1.82) is 0 Å². The van der Waals surface area contributed by atoms with Crippen LogP contribution in [0.15, 0.2) is 47.6 Å². The van der Waals surface area contributed by atoms with Gasteiger partial charge in [0.05, 0.1) is 12.2 Å². The number of amides is 3. The summed E-state index contributed by atoms with van der Waals surface area (Å²) in [6, 6.07) is 13.0. The Morgan fingerprint density at radius 1 is 1.07 bits per heavy atom. The first kappa shape index (κ1) is 20.3. The highest BCUT2D eigenvalue weighted by atomic mass is 16.2. The molecular formula is C22H24N4O3. The summed E-state index contributed by atoms with van der Waals surface area (Å²) in [4.78, 5) is 36.9. The van der Waals surface area contributed by atoms with E-state index in [1.165, 1.54) is 5.01 Å². The predicted molar refractivity (Wildman–Crippen MR) is 113 cm³/mol. The van der Waals surface area contributed by atoms with Crippen LogP contribution in [0, 0.1) is 20.8 Å². The van der Waals surface area contributed by atoms with Crippen LogP contribution in [0.4, 0.5) is 11.4 Å². The fourth-order valence-corrected chi connectivity index (χ4v) is 3.02. The van der Waals surface area contributed by atoms with Crippen molar-refractivity contribution in [3.8, 4) is 0 Å². The quantitative estimate of drug-likeness (QED) is 0.820. The molecule has 0 aliphatic carbocycles. The van der Waals surface area contributed by atoms with Crippen molar-refractivity contribution >= 4 is 34.8 Å². The van der Waals surface area contributed by atoms with E-state index in [1.54, 1.807) is 6.07 Å². The van der Waals surface area contributed by atoms with Gasteiger partial charge < -0.3 is 10.6 Å². The van der Waals surface area contributed by atoms with Gasteiger partial charge in [-0.2, -0.15) is 5.10 Å². The van der Waals surface area contributed by atoms with Gasteiger partial charge in [-0.3, -0.25) is 14.4 Å². The minimum atomic E-state index is -0.453. The first-order valence-corrected chi connectivity index (χ1v) is 9.46. The van der Waals surface area contributed by atoms with Crippen LogP contribution in [0.1, 0.15) is 29.5 Å². The monoisotopic (exact) mass is 392 g/mol. The first-order chi connectivity index (χ1) is 13.8. The first-order valence-electron chi connectivity index (χ1n) is 9.46. The Kier molecular flexibility index (Phi) is 6.07. The predicted octanol–water partition coefficient (Wildman–Crippen LogP) is 2.85. The van der Waals surface area contributed by atoms with Crippen molar-refractivity contribution < 1.29 is 14.4 Å². The molecule has 0 atom stereocenters. The molecule has 0 spiro atoms. The molecule has 1 heterocycles. The molecule has 3 rings (SSSR count). The van der Waals surface area contributed by atoms with Gasteiger partial charge in [-0.25, -0.2) is 5.01 Å². The Hall–Kier alpha value is -3.48. The van der Waals surface area contributed by atoms with E-state index in [9.17, 15) is 14.4 Å². The number of nitrogens with zero attached hydrogens (tertiary/aromatic N) is 2. The molecule has 7 heteroatoms. The maximum Gasteiger partial charge on any atom is 0.267 e. The lowest BCUT2D eigenvalue weighted by Gasteiger charge is -2.23. The summed E-state index contributed by atoms with van der Waals surface area (Å²) in [5.41, 5.74) is 4.61. The van der Waals surface area contributed by atoms with Crippen LogP contribution >= 0.6 is 0 Å². The van der Waals surface area contributed by atoms with Gasteiger partial charge in [0.1, 0.15) is 5.71 Å². The number of rotatable bonds is 5. The summed E-state index contributed by atoms with van der Waals surface area (Å²) in [5, 5.41) is 10.9. The molecule has 29 heavy (non-hydrogen) atoms. The minimum absolute atomic E-state index is 0.167. The zero-order valence-electron chi connectivity index (χ0n) is 16.8. The van der Waals surface area contributed by atoms with Gasteiger partial charge in [0.25, 0.3) is 5.91 Å². The number of carbonyl (C=O) groups excluding carboxylic acids is 3. The van der Waals surface area contributed by atoms with Crippen LogP contribution in [-0.2, 0) is 14.4 Å². The number of hydrogen-bond acceptors (Lipinski definition) is 4. The second kappa shape index (κ2) is 8.68. The highest BCUT2D eigenvalue weighted by Gasteiger charge is 2.25. The molecule has 0 unspecified atom stereocenters. The van der Waals surface area contributed by atoms with Crippen LogP contribution in [0.25, 0.3) is 0 Å². The van der Waals surface area contributed by atoms with Gasteiger partial charge in [-0.05, 0) is 55.7 Å². The number of aryl methyl sites for hydroxylation is 2. The number of carbonyl (C=O) groups is 3. The number of benzene rings is 2. The third kappa shape index (κ3) is 4.87. The van der Waals surface area contributed by atoms with Crippen molar-refractivity contribution in [3.05, 3.63) is 59.2 Å². The van der Waals surface area contributed by atoms with E-state index in [4.69, 9.17) is 0 Å². The standard InChI is InChI=1S/C22H24N4O3/c1-14-6-4-8-17(12-14)26-21(28)11-10-19(25-26)22(29)23-13-20(27)24-18-9-5-7-15(2)16(18)3/h4-9,12H,10-11,13H2,1-3H3,(H,23,29)(H,24,27). The smallest absolute Gasteiger partial charge is 0.267 e. The molecule has 0 fully saturated rings. The van der Waals surface area contributed by atoms with Crippen molar-refractivity contribution in [2.45, 2.75) is 33.6 Å². The molecule has 2 aromatic rings. The molecule has 0 bridgehead atoms. The average Bonchev–Trinajstić information content (AvgIpc) is 2.70.